The Hall–Kier alpha value is -5.00. The first-order valence-corrected chi connectivity index (χ1v) is 20.1. The molecule has 5 aromatic rings. The highest BCUT2D eigenvalue weighted by atomic mass is 31.2. The third kappa shape index (κ3) is 9.42. The van der Waals surface area contributed by atoms with Crippen LogP contribution in [0.25, 0.3) is 11.2 Å². The lowest BCUT2D eigenvalue weighted by Crippen LogP contribution is -2.39. The number of nitrogens with zero attached hydrogens (tertiary/aromatic N) is 6. The van der Waals surface area contributed by atoms with E-state index in [0.29, 0.717) is 17.6 Å². The van der Waals surface area contributed by atoms with E-state index >= 15 is 0 Å². The summed E-state index contributed by atoms with van der Waals surface area (Å²) in [5, 5.41) is 12.0. The van der Waals surface area contributed by atoms with Gasteiger partial charge in [-0.1, -0.05) is 54.6 Å². The summed E-state index contributed by atoms with van der Waals surface area (Å²) >= 11 is 0. The topological polar surface area (TPSA) is 155 Å². The number of hydrogen-bond donors (Lipinski definition) is 1. The molecule has 300 valence electrons. The number of nitrogens with one attached hydrogen (secondary N) is 1. The van der Waals surface area contributed by atoms with E-state index in [1.54, 1.807) is 26.7 Å². The van der Waals surface area contributed by atoms with E-state index in [4.69, 9.17) is 28.0 Å². The van der Waals surface area contributed by atoms with Crippen molar-refractivity contribution in [2.45, 2.75) is 83.6 Å². The molecule has 0 spiro atoms. The summed E-state index contributed by atoms with van der Waals surface area (Å²) in [5.41, 5.74) is 2.61. The van der Waals surface area contributed by atoms with Crippen LogP contribution in [-0.2, 0) is 28.9 Å². The fourth-order valence-electron chi connectivity index (χ4n) is 7.09. The number of fused-ring (bicyclic) bond motifs is 1. The quantitative estimate of drug-likeness (QED) is 0.0524. The van der Waals surface area contributed by atoms with Gasteiger partial charge in [-0.15, -0.1) is 0 Å². The molecule has 3 aromatic carbocycles. The van der Waals surface area contributed by atoms with E-state index in [9.17, 15) is 10.1 Å². The average molecular weight is 796 g/mol. The second kappa shape index (κ2) is 19.0. The first-order chi connectivity index (χ1) is 27.6. The van der Waals surface area contributed by atoms with Crippen molar-refractivity contribution in [3.05, 3.63) is 108 Å². The molecule has 3 heterocycles. The average Bonchev–Trinajstić information content (AvgIpc) is 3.82. The molecule has 1 fully saturated rings. The molecule has 2 aromatic heterocycles. The van der Waals surface area contributed by atoms with Gasteiger partial charge in [0.15, 0.2) is 5.65 Å². The Kier molecular flexibility index (Phi) is 13.8. The molecule has 0 aliphatic carbocycles. The third-order valence-electron chi connectivity index (χ3n) is 9.64. The number of ether oxygens (including phenoxy) is 4. The van der Waals surface area contributed by atoms with Crippen LogP contribution < -0.4 is 14.8 Å². The maximum Gasteiger partial charge on any atom is 0.259 e. The van der Waals surface area contributed by atoms with Gasteiger partial charge in [-0.3, -0.25) is 10.1 Å². The minimum absolute atomic E-state index is 0.0921. The Bertz CT molecular complexity index is 2050. The van der Waals surface area contributed by atoms with Gasteiger partial charge in [0.25, 0.3) is 8.53 Å². The van der Waals surface area contributed by atoms with Crippen molar-refractivity contribution in [2.24, 2.45) is 0 Å². The van der Waals surface area contributed by atoms with Crippen molar-refractivity contribution < 1.29 is 32.8 Å². The highest BCUT2D eigenvalue weighted by Crippen LogP contribution is 2.51. The van der Waals surface area contributed by atoms with Crippen LogP contribution in [0.15, 0.2) is 91.4 Å². The molecule has 0 saturated carbocycles. The number of amides is 1. The minimum atomic E-state index is -1.63. The lowest BCUT2D eigenvalue weighted by molar-refractivity contribution is -0.114. The molecule has 1 N–H and O–H groups in total. The largest absolute Gasteiger partial charge is 0.497 e. The lowest BCUT2D eigenvalue weighted by Gasteiger charge is -2.39. The molecule has 1 saturated heterocycles. The summed E-state index contributed by atoms with van der Waals surface area (Å²) in [4.78, 5) is 25.0. The van der Waals surface area contributed by atoms with Crippen molar-refractivity contribution in [3.8, 4) is 17.6 Å². The summed E-state index contributed by atoms with van der Waals surface area (Å²) < 4.78 is 42.8. The zero-order valence-electron chi connectivity index (χ0n) is 33.4. The molecular formula is C42H50N7O7P. The molecule has 0 radical (unpaired) electrons. The van der Waals surface area contributed by atoms with Gasteiger partial charge in [-0.05, 0) is 68.7 Å². The zero-order chi connectivity index (χ0) is 40.5. The number of rotatable bonds is 18. The Labute approximate surface area is 335 Å². The molecule has 1 aliphatic heterocycles. The van der Waals surface area contributed by atoms with Gasteiger partial charge in [0.2, 0.25) is 11.9 Å². The third-order valence-corrected chi connectivity index (χ3v) is 11.8. The molecule has 14 nitrogen and oxygen atoms in total. The maximum absolute atomic E-state index is 11.7. The second-order valence-electron chi connectivity index (χ2n) is 14.1. The molecule has 1 aliphatic rings. The van der Waals surface area contributed by atoms with Gasteiger partial charge in [-0.25, -0.2) is 14.6 Å². The van der Waals surface area contributed by atoms with Gasteiger partial charge < -0.3 is 32.6 Å². The second-order valence-corrected chi connectivity index (χ2v) is 15.5. The number of anilines is 1. The number of carbonyl (C=O) groups excluding carboxylic acids is 1. The summed E-state index contributed by atoms with van der Waals surface area (Å²) in [5.74, 6) is 1.32. The number of aromatic nitrogens is 4. The summed E-state index contributed by atoms with van der Waals surface area (Å²) in [7, 11) is 1.66. The summed E-state index contributed by atoms with van der Waals surface area (Å²) in [6.07, 6.45) is 2.27. The van der Waals surface area contributed by atoms with E-state index in [-0.39, 0.29) is 43.6 Å². The maximum atomic E-state index is 11.7. The van der Waals surface area contributed by atoms with Crippen LogP contribution in [0.2, 0.25) is 0 Å². The first-order valence-electron chi connectivity index (χ1n) is 18.9. The molecular weight excluding hydrogens is 745 g/mol. The van der Waals surface area contributed by atoms with Crippen LogP contribution in [0.1, 0.15) is 70.4 Å². The predicted molar refractivity (Wildman–Crippen MR) is 217 cm³/mol. The van der Waals surface area contributed by atoms with E-state index in [1.165, 1.54) is 6.92 Å². The van der Waals surface area contributed by atoms with E-state index in [0.717, 1.165) is 28.2 Å². The normalized spacial score (nSPS) is 17.6. The Morgan fingerprint density at radius 2 is 1.58 bits per heavy atom. The van der Waals surface area contributed by atoms with Crippen LogP contribution >= 0.6 is 8.53 Å². The van der Waals surface area contributed by atoms with Crippen LogP contribution in [0.4, 0.5) is 5.95 Å². The molecule has 1 unspecified atom stereocenters. The predicted octanol–water partition coefficient (Wildman–Crippen LogP) is 7.76. The molecule has 4 atom stereocenters. The van der Waals surface area contributed by atoms with Gasteiger partial charge in [0.05, 0.1) is 58.6 Å². The highest BCUT2D eigenvalue weighted by Gasteiger charge is 2.45. The molecule has 0 bridgehead atoms. The molecule has 1 amide bonds. The van der Waals surface area contributed by atoms with Crippen molar-refractivity contribution in [1.29, 1.82) is 5.26 Å². The number of methoxy groups -OCH3 is 2. The Balaban J connectivity index is 1.42. The van der Waals surface area contributed by atoms with Gasteiger partial charge in [-0.2, -0.15) is 10.2 Å². The van der Waals surface area contributed by atoms with E-state index < -0.39 is 32.6 Å². The van der Waals surface area contributed by atoms with Gasteiger partial charge in [0, 0.05) is 25.4 Å². The minimum Gasteiger partial charge on any atom is -0.497 e. The lowest BCUT2D eigenvalue weighted by atomic mass is 9.80. The Morgan fingerprint density at radius 3 is 2.14 bits per heavy atom. The van der Waals surface area contributed by atoms with Crippen LogP contribution in [0.3, 0.4) is 0 Å². The SMILES string of the molecule is COc1ccc(C(OC[C@H]2O[C@H](n3cnc4nc(NC(C)=O)ncc43)C[C@@H]2OP(OCCC#N)N(C(C)C)C(C)C)(c2ccccc2)c2ccc(OC)cc2)cc1. The number of hydrogen-bond acceptors (Lipinski definition) is 12. The van der Waals surface area contributed by atoms with E-state index in [2.05, 4.69) is 70.8 Å². The molecule has 6 rings (SSSR count). The van der Waals surface area contributed by atoms with E-state index in [1.807, 2.05) is 71.3 Å². The summed E-state index contributed by atoms with van der Waals surface area (Å²) in [6, 6.07) is 28.2. The zero-order valence-corrected chi connectivity index (χ0v) is 34.3. The van der Waals surface area contributed by atoms with Gasteiger partial charge >= 0.3 is 0 Å². The van der Waals surface area contributed by atoms with Crippen molar-refractivity contribution in [1.82, 2.24) is 24.2 Å². The van der Waals surface area contributed by atoms with Crippen molar-refractivity contribution >= 4 is 31.5 Å². The van der Waals surface area contributed by atoms with Gasteiger partial charge in [0.1, 0.15) is 34.9 Å². The number of carbonyl (C=O) groups is 1. The Morgan fingerprint density at radius 1 is 0.965 bits per heavy atom. The standard InChI is InChI=1S/C42H50N7O7P/c1-28(2)49(29(3)4)57(54-23-11-22-43)56-37-24-39(48-27-45-40-36(48)25-44-41(47-40)46-30(5)50)55-38(37)26-53-42(31-12-9-8-10-13-31,32-14-18-34(51-6)19-15-32)33-16-20-35(52-7)21-17-33/h8-10,12-21,25,27-29,37-39H,11,23-24,26H2,1-7H3,(H,44,46,47,50)/t37-,38+,39-,57?/m0/s1. The first kappa shape index (κ1) is 41.6. The number of nitriles is 1. The molecule has 15 heteroatoms. The van der Waals surface area contributed by atoms with Crippen LogP contribution in [0, 0.1) is 11.3 Å². The van der Waals surface area contributed by atoms with Crippen LogP contribution in [-0.4, -0.2) is 81.8 Å². The molecule has 57 heavy (non-hydrogen) atoms. The summed E-state index contributed by atoms with van der Waals surface area (Å²) in [6.45, 7) is 10.1. The monoisotopic (exact) mass is 795 g/mol. The van der Waals surface area contributed by atoms with Crippen molar-refractivity contribution in [2.75, 3.05) is 32.8 Å². The fourth-order valence-corrected chi connectivity index (χ4v) is 8.85. The van der Waals surface area contributed by atoms with Crippen LogP contribution in [0.5, 0.6) is 11.5 Å². The number of benzene rings is 3. The highest BCUT2D eigenvalue weighted by molar-refractivity contribution is 7.44. The fraction of sp³-hybridized carbons (Fsp3) is 0.405. The van der Waals surface area contributed by atoms with Crippen molar-refractivity contribution in [3.63, 3.8) is 0 Å². The number of imidazole rings is 1. The smallest absolute Gasteiger partial charge is 0.259 e.